The summed E-state index contributed by atoms with van der Waals surface area (Å²) in [7, 11) is -3.08. The van der Waals surface area contributed by atoms with Crippen LogP contribution in [0, 0.1) is 17.6 Å². The van der Waals surface area contributed by atoms with Crippen LogP contribution in [0.3, 0.4) is 0 Å². The van der Waals surface area contributed by atoms with Crippen molar-refractivity contribution in [3.8, 4) is 0 Å². The van der Waals surface area contributed by atoms with Crippen molar-refractivity contribution >= 4 is 44.9 Å². The molecule has 1 saturated heterocycles. The minimum absolute atomic E-state index is 0.0412. The van der Waals surface area contributed by atoms with Crippen LogP contribution in [0.15, 0.2) is 41.3 Å². The number of thioether (sulfide) groups is 1. The number of hydrogen-bond donors (Lipinski definition) is 2. The minimum atomic E-state index is -3.08. The van der Waals surface area contributed by atoms with Gasteiger partial charge in [-0.05, 0) is 62.4 Å². The van der Waals surface area contributed by atoms with Gasteiger partial charge in [-0.3, -0.25) is 9.59 Å². The predicted molar refractivity (Wildman–Crippen MR) is 147 cm³/mol. The van der Waals surface area contributed by atoms with Crippen LogP contribution < -0.4 is 10.2 Å². The van der Waals surface area contributed by atoms with Crippen LogP contribution in [0.25, 0.3) is 0 Å². The van der Waals surface area contributed by atoms with Gasteiger partial charge in [0.1, 0.15) is 26.2 Å². The van der Waals surface area contributed by atoms with Gasteiger partial charge < -0.3 is 15.3 Å². The van der Waals surface area contributed by atoms with E-state index in [1.165, 1.54) is 6.07 Å². The number of halogens is 2. The molecule has 1 heterocycles. The maximum absolute atomic E-state index is 14.2. The lowest BCUT2D eigenvalue weighted by Gasteiger charge is -2.38. The maximum Gasteiger partial charge on any atom is 0.319 e. The first-order valence-electron chi connectivity index (χ1n) is 12.4. The van der Waals surface area contributed by atoms with Gasteiger partial charge in [-0.25, -0.2) is 17.2 Å². The fourth-order valence-electron chi connectivity index (χ4n) is 4.33. The van der Waals surface area contributed by atoms with Crippen LogP contribution >= 0.6 is 11.8 Å². The van der Waals surface area contributed by atoms with E-state index in [2.05, 4.69) is 10.2 Å². The van der Waals surface area contributed by atoms with E-state index in [1.807, 2.05) is 13.8 Å². The molecule has 2 N–H and O–H groups in total. The number of carboxylic acid groups (broad SMARTS) is 1. The van der Waals surface area contributed by atoms with Crippen molar-refractivity contribution in [2.24, 2.45) is 5.92 Å². The van der Waals surface area contributed by atoms with E-state index >= 15 is 0 Å². The Hall–Kier alpha value is -2.66. The Morgan fingerprint density at radius 3 is 2.37 bits per heavy atom. The third-order valence-corrected chi connectivity index (χ3v) is 9.22. The SMILES string of the molecule is CC(C)CN(c1ccc(SC(C)(C)C(=O)O)cc1NC(=O)Cc1ccc(F)cc1F)C1CCS(=O)(=O)CC1. The molecule has 1 amide bonds. The van der Waals surface area contributed by atoms with Gasteiger partial charge in [-0.15, -0.1) is 11.8 Å². The largest absolute Gasteiger partial charge is 0.480 e. The standard InChI is InChI=1S/C27H34F2N2O5S2/c1-17(2)16-31(20-9-11-38(35,36)12-10-20)24-8-7-21(37-27(3,4)26(33)34)15-23(24)30-25(32)13-18-5-6-19(28)14-22(18)29/h5-8,14-15,17,20H,9-13,16H2,1-4H3,(H,30,32)(H,33,34). The van der Waals surface area contributed by atoms with Crippen molar-refractivity contribution in [3.05, 3.63) is 53.6 Å². The second-order valence-corrected chi connectivity index (χ2v) is 14.5. The summed E-state index contributed by atoms with van der Waals surface area (Å²) in [5.74, 6) is -2.68. The third kappa shape index (κ3) is 7.92. The van der Waals surface area contributed by atoms with E-state index < -0.39 is 38.1 Å². The van der Waals surface area contributed by atoms with Crippen LogP contribution in [0.5, 0.6) is 0 Å². The fourth-order valence-corrected chi connectivity index (χ4v) is 6.78. The van der Waals surface area contributed by atoms with Crippen molar-refractivity contribution in [2.45, 2.75) is 62.6 Å². The predicted octanol–water partition coefficient (Wildman–Crippen LogP) is 5.14. The highest BCUT2D eigenvalue weighted by atomic mass is 32.2. The first-order chi connectivity index (χ1) is 17.7. The van der Waals surface area contributed by atoms with Gasteiger partial charge in [0.05, 0.1) is 29.3 Å². The highest BCUT2D eigenvalue weighted by molar-refractivity contribution is 8.01. The van der Waals surface area contributed by atoms with E-state index in [-0.39, 0.29) is 35.4 Å². The molecule has 0 aliphatic carbocycles. The molecule has 0 bridgehead atoms. The summed E-state index contributed by atoms with van der Waals surface area (Å²) in [6.07, 6.45) is 0.576. The van der Waals surface area contributed by atoms with Gasteiger partial charge in [0.25, 0.3) is 0 Å². The van der Waals surface area contributed by atoms with E-state index in [9.17, 15) is 31.9 Å². The quantitative estimate of drug-likeness (QED) is 0.383. The zero-order chi connectivity index (χ0) is 28.3. The number of amides is 1. The van der Waals surface area contributed by atoms with Gasteiger partial charge in [0.15, 0.2) is 0 Å². The number of benzene rings is 2. The van der Waals surface area contributed by atoms with Crippen LogP contribution in [-0.4, -0.2) is 54.2 Å². The van der Waals surface area contributed by atoms with Crippen molar-refractivity contribution < 1.29 is 31.9 Å². The Morgan fingerprint density at radius 1 is 1.13 bits per heavy atom. The number of rotatable bonds is 10. The maximum atomic E-state index is 14.2. The molecule has 38 heavy (non-hydrogen) atoms. The third-order valence-electron chi connectivity index (χ3n) is 6.33. The molecule has 208 valence electrons. The Morgan fingerprint density at radius 2 is 1.79 bits per heavy atom. The molecule has 0 spiro atoms. The number of anilines is 2. The number of nitrogens with one attached hydrogen (secondary N) is 1. The number of aliphatic carboxylic acids is 1. The summed E-state index contributed by atoms with van der Waals surface area (Å²) in [5.41, 5.74) is 1.13. The van der Waals surface area contributed by atoms with E-state index in [4.69, 9.17) is 0 Å². The summed E-state index contributed by atoms with van der Waals surface area (Å²) in [6.45, 7) is 7.85. The average molecular weight is 569 g/mol. The summed E-state index contributed by atoms with van der Waals surface area (Å²) in [6, 6.07) is 8.24. The molecule has 1 fully saturated rings. The molecule has 2 aromatic rings. The van der Waals surface area contributed by atoms with Crippen LogP contribution in [-0.2, 0) is 25.8 Å². The van der Waals surface area contributed by atoms with E-state index in [0.29, 0.717) is 35.7 Å². The molecular weight excluding hydrogens is 534 g/mol. The second-order valence-electron chi connectivity index (χ2n) is 10.5. The Kier molecular flexibility index (Phi) is 9.46. The molecule has 0 aromatic heterocycles. The molecule has 0 saturated carbocycles. The monoisotopic (exact) mass is 568 g/mol. The number of carboxylic acids is 1. The number of sulfone groups is 1. The molecule has 11 heteroatoms. The van der Waals surface area contributed by atoms with Crippen LogP contribution in [0.1, 0.15) is 46.1 Å². The van der Waals surface area contributed by atoms with Gasteiger partial charge in [0.2, 0.25) is 5.91 Å². The molecule has 0 unspecified atom stereocenters. The highest BCUT2D eigenvalue weighted by Gasteiger charge is 2.32. The Balaban J connectivity index is 1.98. The Labute approximate surface area is 226 Å². The van der Waals surface area contributed by atoms with E-state index in [1.54, 1.807) is 32.0 Å². The molecule has 0 atom stereocenters. The zero-order valence-electron chi connectivity index (χ0n) is 22.0. The number of hydrogen-bond acceptors (Lipinski definition) is 6. The van der Waals surface area contributed by atoms with Crippen molar-refractivity contribution in [3.63, 3.8) is 0 Å². The topological polar surface area (TPSA) is 104 Å². The molecule has 0 radical (unpaired) electrons. The average Bonchev–Trinajstić information content (AvgIpc) is 2.79. The summed E-state index contributed by atoms with van der Waals surface area (Å²) < 4.78 is 50.5. The lowest BCUT2D eigenvalue weighted by Crippen LogP contribution is -2.43. The second kappa shape index (κ2) is 12.0. The van der Waals surface area contributed by atoms with E-state index in [0.717, 1.165) is 23.9 Å². The molecular formula is C27H34F2N2O5S2. The van der Waals surface area contributed by atoms with Gasteiger partial charge >= 0.3 is 5.97 Å². The number of nitrogens with zero attached hydrogens (tertiary/aromatic N) is 1. The van der Waals surface area contributed by atoms with Crippen molar-refractivity contribution in [1.29, 1.82) is 0 Å². The molecule has 1 aliphatic heterocycles. The summed E-state index contributed by atoms with van der Waals surface area (Å²) in [5, 5.41) is 12.4. The lowest BCUT2D eigenvalue weighted by molar-refractivity contribution is -0.138. The van der Waals surface area contributed by atoms with Crippen LogP contribution in [0.4, 0.5) is 20.2 Å². The molecule has 3 rings (SSSR count). The van der Waals surface area contributed by atoms with Gasteiger partial charge in [0, 0.05) is 23.5 Å². The normalized spacial score (nSPS) is 15.9. The molecule has 2 aromatic carbocycles. The van der Waals surface area contributed by atoms with Gasteiger partial charge in [-0.2, -0.15) is 0 Å². The first-order valence-corrected chi connectivity index (χ1v) is 15.1. The van der Waals surface area contributed by atoms with Gasteiger partial charge in [-0.1, -0.05) is 19.9 Å². The zero-order valence-corrected chi connectivity index (χ0v) is 23.6. The summed E-state index contributed by atoms with van der Waals surface area (Å²) in [4.78, 5) is 27.4. The fraction of sp³-hybridized carbons (Fsp3) is 0.481. The summed E-state index contributed by atoms with van der Waals surface area (Å²) >= 11 is 1.12. The lowest BCUT2D eigenvalue weighted by atomic mass is 10.0. The first kappa shape index (κ1) is 29.9. The Bertz CT molecular complexity index is 1280. The van der Waals surface area contributed by atoms with Crippen molar-refractivity contribution in [2.75, 3.05) is 28.3 Å². The molecule has 7 nitrogen and oxygen atoms in total. The number of carbonyl (C=O) groups is 2. The highest BCUT2D eigenvalue weighted by Crippen LogP contribution is 2.39. The van der Waals surface area contributed by atoms with Crippen LogP contribution in [0.2, 0.25) is 0 Å². The number of carbonyl (C=O) groups excluding carboxylic acids is 1. The minimum Gasteiger partial charge on any atom is -0.480 e. The molecule has 1 aliphatic rings. The smallest absolute Gasteiger partial charge is 0.319 e. The van der Waals surface area contributed by atoms with Crippen molar-refractivity contribution in [1.82, 2.24) is 0 Å².